The van der Waals surface area contributed by atoms with Crippen LogP contribution in [-0.4, -0.2) is 34.9 Å². The van der Waals surface area contributed by atoms with Crippen LogP contribution in [0.25, 0.3) is 0 Å². The van der Waals surface area contributed by atoms with Gasteiger partial charge in [0, 0.05) is 36.3 Å². The number of likely N-dealkylation sites (N-methyl/N-ethyl adjacent to an activating group) is 1. The zero-order chi connectivity index (χ0) is 16.0. The van der Waals surface area contributed by atoms with Crippen LogP contribution in [0.1, 0.15) is 26.3 Å². The van der Waals surface area contributed by atoms with Gasteiger partial charge in [-0.05, 0) is 32.9 Å². The number of nitrogens with one attached hydrogen (secondary N) is 1. The molecule has 1 amide bonds. The Hall–Kier alpha value is -1.66. The second kappa shape index (κ2) is 7.95. The average Bonchev–Trinajstić information content (AvgIpc) is 2.45. The molecule has 1 rings (SSSR count). The molecule has 1 atom stereocenters. The van der Waals surface area contributed by atoms with Gasteiger partial charge in [0.15, 0.2) is 0 Å². The van der Waals surface area contributed by atoms with E-state index in [1.807, 2.05) is 13.8 Å². The van der Waals surface area contributed by atoms with Gasteiger partial charge in [-0.25, -0.2) is 0 Å². The Morgan fingerprint density at radius 1 is 1.43 bits per heavy atom. The number of carbonyl (C=O) groups excluding carboxylic acids is 1. The minimum Gasteiger partial charge on any atom is -0.342 e. The molecule has 0 aliphatic rings. The molecule has 1 aromatic carbocycles. The molecule has 0 radical (unpaired) electrons. The molecule has 0 saturated heterocycles. The van der Waals surface area contributed by atoms with Crippen molar-refractivity contribution in [2.45, 2.75) is 33.4 Å². The van der Waals surface area contributed by atoms with Crippen molar-refractivity contribution in [3.8, 4) is 0 Å². The van der Waals surface area contributed by atoms with Crippen molar-refractivity contribution in [2.75, 3.05) is 13.1 Å². The van der Waals surface area contributed by atoms with Crippen molar-refractivity contribution in [2.24, 2.45) is 0 Å². The van der Waals surface area contributed by atoms with Crippen LogP contribution in [0.3, 0.4) is 0 Å². The highest BCUT2D eigenvalue weighted by molar-refractivity contribution is 6.30. The van der Waals surface area contributed by atoms with Gasteiger partial charge in [-0.2, -0.15) is 0 Å². The molecule has 0 aromatic heterocycles. The van der Waals surface area contributed by atoms with E-state index in [0.29, 0.717) is 23.7 Å². The van der Waals surface area contributed by atoms with Crippen LogP contribution < -0.4 is 5.32 Å². The number of carbonyl (C=O) groups is 1. The van der Waals surface area contributed by atoms with Crippen molar-refractivity contribution in [3.05, 3.63) is 38.9 Å². The number of nitro benzene ring substituents is 1. The molecule has 0 saturated carbocycles. The lowest BCUT2D eigenvalue weighted by Gasteiger charge is -2.23. The molecule has 1 aromatic rings. The SMILES string of the molecule is CCN(CC)C(=O)C(C)NCc1cc(Cl)ccc1[N+](=O)[O-]. The van der Waals surface area contributed by atoms with Crippen LogP contribution in [-0.2, 0) is 11.3 Å². The summed E-state index contributed by atoms with van der Waals surface area (Å²) in [4.78, 5) is 24.3. The van der Waals surface area contributed by atoms with Crippen LogP contribution in [0.4, 0.5) is 5.69 Å². The van der Waals surface area contributed by atoms with Crippen molar-refractivity contribution in [1.82, 2.24) is 10.2 Å². The molecule has 1 N–H and O–H groups in total. The Kier molecular flexibility index (Phi) is 6.58. The number of amides is 1. The van der Waals surface area contributed by atoms with Crippen molar-refractivity contribution < 1.29 is 9.72 Å². The van der Waals surface area contributed by atoms with Crippen LogP contribution in [0.15, 0.2) is 18.2 Å². The summed E-state index contributed by atoms with van der Waals surface area (Å²) < 4.78 is 0. The van der Waals surface area contributed by atoms with E-state index < -0.39 is 11.0 Å². The lowest BCUT2D eigenvalue weighted by molar-refractivity contribution is -0.385. The molecular weight excluding hydrogens is 294 g/mol. The molecule has 0 heterocycles. The van der Waals surface area contributed by atoms with Gasteiger partial charge in [0.25, 0.3) is 5.69 Å². The molecule has 7 heteroatoms. The van der Waals surface area contributed by atoms with Gasteiger partial charge in [-0.15, -0.1) is 0 Å². The molecule has 21 heavy (non-hydrogen) atoms. The fraction of sp³-hybridized carbons (Fsp3) is 0.500. The second-order valence-corrected chi connectivity index (χ2v) is 5.08. The van der Waals surface area contributed by atoms with Gasteiger partial charge in [0.05, 0.1) is 11.0 Å². The highest BCUT2D eigenvalue weighted by Gasteiger charge is 2.19. The molecule has 0 aliphatic carbocycles. The minimum absolute atomic E-state index is 0.00520. The quantitative estimate of drug-likeness (QED) is 0.620. The first-order valence-electron chi connectivity index (χ1n) is 6.85. The van der Waals surface area contributed by atoms with Gasteiger partial charge in [0.2, 0.25) is 5.91 Å². The maximum absolute atomic E-state index is 12.1. The predicted molar refractivity (Wildman–Crippen MR) is 82.3 cm³/mol. The number of halogens is 1. The maximum atomic E-state index is 12.1. The van der Waals surface area contributed by atoms with Gasteiger partial charge >= 0.3 is 0 Å². The maximum Gasteiger partial charge on any atom is 0.273 e. The molecule has 0 aliphatic heterocycles. The summed E-state index contributed by atoms with van der Waals surface area (Å²) in [6, 6.07) is 3.98. The topological polar surface area (TPSA) is 75.5 Å². The Morgan fingerprint density at radius 2 is 2.05 bits per heavy atom. The highest BCUT2D eigenvalue weighted by atomic mass is 35.5. The first-order valence-corrected chi connectivity index (χ1v) is 7.23. The Bertz CT molecular complexity index is 518. The number of hydrogen-bond acceptors (Lipinski definition) is 4. The van der Waals surface area contributed by atoms with Gasteiger partial charge in [0.1, 0.15) is 0 Å². The monoisotopic (exact) mass is 313 g/mol. The molecule has 6 nitrogen and oxygen atoms in total. The van der Waals surface area contributed by atoms with Crippen LogP contribution in [0, 0.1) is 10.1 Å². The molecular formula is C14H20ClN3O3. The fourth-order valence-corrected chi connectivity index (χ4v) is 2.23. The van der Waals surface area contributed by atoms with Crippen molar-refractivity contribution >= 4 is 23.2 Å². The third-order valence-corrected chi connectivity index (χ3v) is 3.52. The Balaban J connectivity index is 2.77. The number of nitro groups is 1. The normalized spacial score (nSPS) is 12.0. The van der Waals surface area contributed by atoms with E-state index in [0.717, 1.165) is 0 Å². The van der Waals surface area contributed by atoms with Gasteiger partial charge in [-0.1, -0.05) is 11.6 Å². The molecule has 116 valence electrons. The summed E-state index contributed by atoms with van der Waals surface area (Å²) in [5.74, 6) is -0.0234. The summed E-state index contributed by atoms with van der Waals surface area (Å²) in [6.07, 6.45) is 0. The van der Waals surface area contributed by atoms with E-state index in [2.05, 4.69) is 5.32 Å². The number of nitrogens with zero attached hydrogens (tertiary/aromatic N) is 2. The fourth-order valence-electron chi connectivity index (χ4n) is 2.03. The van der Waals surface area contributed by atoms with Gasteiger partial charge < -0.3 is 10.2 Å². The van der Waals surface area contributed by atoms with E-state index in [4.69, 9.17) is 11.6 Å². The van der Waals surface area contributed by atoms with E-state index in [9.17, 15) is 14.9 Å². The Morgan fingerprint density at radius 3 is 2.57 bits per heavy atom. The second-order valence-electron chi connectivity index (χ2n) is 4.64. The third-order valence-electron chi connectivity index (χ3n) is 3.28. The summed E-state index contributed by atoms with van der Waals surface area (Å²) in [5.41, 5.74) is 0.459. The van der Waals surface area contributed by atoms with Crippen molar-refractivity contribution in [3.63, 3.8) is 0 Å². The average molecular weight is 314 g/mol. The molecule has 1 unspecified atom stereocenters. The molecule has 0 spiro atoms. The number of hydrogen-bond donors (Lipinski definition) is 1. The third kappa shape index (κ3) is 4.68. The first kappa shape index (κ1) is 17.4. The standard InChI is InChI=1S/C14H20ClN3O3/c1-4-17(5-2)14(19)10(3)16-9-11-8-12(15)6-7-13(11)18(20)21/h6-8,10,16H,4-5,9H2,1-3H3. The van der Waals surface area contributed by atoms with Gasteiger partial charge in [-0.3, -0.25) is 14.9 Å². The largest absolute Gasteiger partial charge is 0.342 e. The minimum atomic E-state index is -0.454. The highest BCUT2D eigenvalue weighted by Crippen LogP contribution is 2.22. The predicted octanol–water partition coefficient (Wildman–Crippen LogP) is 2.59. The smallest absolute Gasteiger partial charge is 0.273 e. The van der Waals surface area contributed by atoms with E-state index >= 15 is 0 Å². The summed E-state index contributed by atoms with van der Waals surface area (Å²) in [5, 5.41) is 14.4. The molecule has 0 bridgehead atoms. The summed E-state index contributed by atoms with van der Waals surface area (Å²) >= 11 is 5.87. The zero-order valence-electron chi connectivity index (χ0n) is 12.4. The number of rotatable bonds is 7. The zero-order valence-corrected chi connectivity index (χ0v) is 13.2. The lowest BCUT2D eigenvalue weighted by Crippen LogP contribution is -2.44. The van der Waals surface area contributed by atoms with E-state index in [1.54, 1.807) is 17.9 Å². The van der Waals surface area contributed by atoms with Crippen LogP contribution >= 0.6 is 11.6 Å². The van der Waals surface area contributed by atoms with Crippen LogP contribution in [0.2, 0.25) is 5.02 Å². The molecule has 0 fully saturated rings. The Labute approximate surface area is 129 Å². The number of benzene rings is 1. The van der Waals surface area contributed by atoms with Crippen molar-refractivity contribution in [1.29, 1.82) is 0 Å². The first-order chi connectivity index (χ1) is 9.90. The summed E-state index contributed by atoms with van der Waals surface area (Å²) in [6.45, 7) is 7.06. The van der Waals surface area contributed by atoms with Crippen LogP contribution in [0.5, 0.6) is 0 Å². The lowest BCUT2D eigenvalue weighted by atomic mass is 10.1. The van der Waals surface area contributed by atoms with E-state index in [1.165, 1.54) is 12.1 Å². The summed E-state index contributed by atoms with van der Waals surface area (Å²) in [7, 11) is 0. The van der Waals surface area contributed by atoms with E-state index in [-0.39, 0.29) is 18.1 Å².